The van der Waals surface area contributed by atoms with E-state index in [9.17, 15) is 0 Å². The van der Waals surface area contributed by atoms with Crippen LogP contribution in [-0.4, -0.2) is 0 Å². The molecule has 0 spiro atoms. The smallest absolute Gasteiger partial charge is 0.0106 e. The molecule has 0 heterocycles. The topological polar surface area (TPSA) is 0 Å². The predicted molar refractivity (Wildman–Crippen MR) is 129 cm³/mol. The van der Waals surface area contributed by atoms with E-state index in [-0.39, 0.29) is 0 Å². The molecule has 0 fully saturated rings. The molecule has 3 aromatic carbocycles. The van der Waals surface area contributed by atoms with Crippen LogP contribution in [0.1, 0.15) is 72.9 Å². The quantitative estimate of drug-likeness (QED) is 0.366. The molecule has 152 valence electrons. The van der Waals surface area contributed by atoms with Crippen molar-refractivity contribution in [2.45, 2.75) is 65.2 Å². The molecular weight excluding hydrogens is 360 g/mol. The molecule has 0 saturated heterocycles. The lowest BCUT2D eigenvalue weighted by Crippen LogP contribution is -2.21. The largest absolute Gasteiger partial charge is 0.0616 e. The van der Waals surface area contributed by atoms with Crippen LogP contribution >= 0.6 is 0 Å². The van der Waals surface area contributed by atoms with Gasteiger partial charge in [-0.05, 0) is 119 Å². The van der Waals surface area contributed by atoms with Crippen LogP contribution < -0.4 is 0 Å². The van der Waals surface area contributed by atoms with Gasteiger partial charge in [0, 0.05) is 0 Å². The van der Waals surface area contributed by atoms with Crippen molar-refractivity contribution in [1.82, 2.24) is 0 Å². The SMILES string of the molecule is C[C@@H]1CCc2ccc3c(c2/C1=C1\c2c(ccc4ccccc24)CC[C@H]1C)CCCC3. The minimum absolute atomic E-state index is 0.631. The highest BCUT2D eigenvalue weighted by atomic mass is 14.4. The van der Waals surface area contributed by atoms with Gasteiger partial charge in [-0.2, -0.15) is 0 Å². The molecule has 0 saturated carbocycles. The van der Waals surface area contributed by atoms with E-state index in [4.69, 9.17) is 0 Å². The third-order valence-corrected chi connectivity index (χ3v) is 8.14. The summed E-state index contributed by atoms with van der Waals surface area (Å²) in [4.78, 5) is 0. The molecule has 0 amide bonds. The molecule has 3 aliphatic carbocycles. The molecule has 0 N–H and O–H groups in total. The first-order valence-corrected chi connectivity index (χ1v) is 12.1. The van der Waals surface area contributed by atoms with E-state index in [0.717, 1.165) is 0 Å². The van der Waals surface area contributed by atoms with Gasteiger partial charge >= 0.3 is 0 Å². The number of benzene rings is 3. The van der Waals surface area contributed by atoms with Crippen LogP contribution in [0.5, 0.6) is 0 Å². The van der Waals surface area contributed by atoms with Gasteiger partial charge in [0.1, 0.15) is 0 Å². The summed E-state index contributed by atoms with van der Waals surface area (Å²) in [5.41, 5.74) is 13.2. The van der Waals surface area contributed by atoms with Crippen molar-refractivity contribution >= 4 is 21.9 Å². The van der Waals surface area contributed by atoms with Crippen molar-refractivity contribution in [3.05, 3.63) is 81.9 Å². The molecule has 6 rings (SSSR count). The van der Waals surface area contributed by atoms with E-state index in [1.165, 1.54) is 62.1 Å². The van der Waals surface area contributed by atoms with Gasteiger partial charge in [-0.25, -0.2) is 0 Å². The zero-order valence-electron chi connectivity index (χ0n) is 18.4. The van der Waals surface area contributed by atoms with Crippen LogP contribution in [0.25, 0.3) is 21.9 Å². The maximum absolute atomic E-state index is 2.50. The Morgan fingerprint density at radius 2 is 1.23 bits per heavy atom. The molecule has 0 nitrogen and oxygen atoms in total. The van der Waals surface area contributed by atoms with E-state index < -0.39 is 0 Å². The average molecular weight is 393 g/mol. The first kappa shape index (κ1) is 18.4. The summed E-state index contributed by atoms with van der Waals surface area (Å²) in [6.07, 6.45) is 10.3. The van der Waals surface area contributed by atoms with Crippen LogP contribution in [-0.2, 0) is 25.7 Å². The highest BCUT2D eigenvalue weighted by molar-refractivity contribution is 6.04. The summed E-state index contributed by atoms with van der Waals surface area (Å²) in [7, 11) is 0. The number of hydrogen-bond acceptors (Lipinski definition) is 0. The lowest BCUT2D eigenvalue weighted by molar-refractivity contribution is 0.610. The van der Waals surface area contributed by atoms with Gasteiger partial charge in [-0.15, -0.1) is 0 Å². The fourth-order valence-electron chi connectivity index (χ4n) is 6.59. The third-order valence-electron chi connectivity index (χ3n) is 8.14. The second kappa shape index (κ2) is 7.12. The molecule has 0 bridgehead atoms. The summed E-state index contributed by atoms with van der Waals surface area (Å²) in [5.74, 6) is 1.28. The average Bonchev–Trinajstić information content (AvgIpc) is 2.79. The second-order valence-electron chi connectivity index (χ2n) is 9.97. The van der Waals surface area contributed by atoms with Crippen molar-refractivity contribution in [3.8, 4) is 0 Å². The summed E-state index contributed by atoms with van der Waals surface area (Å²) >= 11 is 0. The number of aryl methyl sites for hydroxylation is 3. The third kappa shape index (κ3) is 2.73. The predicted octanol–water partition coefficient (Wildman–Crippen LogP) is 7.79. The monoisotopic (exact) mass is 392 g/mol. The Morgan fingerprint density at radius 3 is 2.07 bits per heavy atom. The Kier molecular flexibility index (Phi) is 4.37. The Bertz CT molecular complexity index is 1180. The molecule has 3 aromatic rings. The fourth-order valence-corrected chi connectivity index (χ4v) is 6.59. The second-order valence-corrected chi connectivity index (χ2v) is 9.97. The minimum atomic E-state index is 0.631. The molecule has 3 aliphatic rings. The molecule has 0 heteroatoms. The van der Waals surface area contributed by atoms with Gasteiger partial charge in [0.05, 0.1) is 0 Å². The zero-order valence-corrected chi connectivity index (χ0v) is 18.4. The lowest BCUT2D eigenvalue weighted by atomic mass is 9.67. The molecule has 2 atom stereocenters. The Hall–Kier alpha value is -2.34. The maximum atomic E-state index is 2.50. The lowest BCUT2D eigenvalue weighted by Gasteiger charge is -2.37. The van der Waals surface area contributed by atoms with Gasteiger partial charge in [-0.1, -0.05) is 62.4 Å². The van der Waals surface area contributed by atoms with Gasteiger partial charge in [0.2, 0.25) is 0 Å². The molecule has 0 radical (unpaired) electrons. The number of hydrogen-bond donors (Lipinski definition) is 0. The molecule has 0 aliphatic heterocycles. The highest BCUT2D eigenvalue weighted by Gasteiger charge is 2.33. The first-order chi connectivity index (χ1) is 14.7. The van der Waals surface area contributed by atoms with Crippen molar-refractivity contribution < 1.29 is 0 Å². The summed E-state index contributed by atoms with van der Waals surface area (Å²) in [6.45, 7) is 4.99. The normalized spacial score (nSPS) is 25.5. The van der Waals surface area contributed by atoms with Crippen molar-refractivity contribution in [1.29, 1.82) is 0 Å². The van der Waals surface area contributed by atoms with Crippen molar-refractivity contribution in [3.63, 3.8) is 0 Å². The van der Waals surface area contributed by atoms with Crippen LogP contribution in [0.4, 0.5) is 0 Å². The zero-order chi connectivity index (χ0) is 20.2. The first-order valence-electron chi connectivity index (χ1n) is 12.1. The molecule has 0 unspecified atom stereocenters. The Labute approximate surface area is 181 Å². The molecular formula is C30H32. The van der Waals surface area contributed by atoms with E-state index in [2.05, 4.69) is 62.4 Å². The Balaban J connectivity index is 1.72. The molecule has 0 aromatic heterocycles. The van der Waals surface area contributed by atoms with Crippen molar-refractivity contribution in [2.24, 2.45) is 11.8 Å². The van der Waals surface area contributed by atoms with Crippen LogP contribution in [0.3, 0.4) is 0 Å². The van der Waals surface area contributed by atoms with Crippen molar-refractivity contribution in [2.75, 3.05) is 0 Å². The van der Waals surface area contributed by atoms with E-state index in [0.29, 0.717) is 11.8 Å². The van der Waals surface area contributed by atoms with Crippen LogP contribution in [0.2, 0.25) is 0 Å². The number of fused-ring (bicyclic) bond motifs is 6. The summed E-state index contributed by atoms with van der Waals surface area (Å²) < 4.78 is 0. The van der Waals surface area contributed by atoms with Gasteiger partial charge in [-0.3, -0.25) is 0 Å². The van der Waals surface area contributed by atoms with Crippen LogP contribution in [0, 0.1) is 11.8 Å². The molecule has 30 heavy (non-hydrogen) atoms. The standard InChI is InChI=1S/C30H32/c1-19-11-13-23-17-15-21-7-3-5-9-25(21)29(23)27(19)28-20(2)12-14-24-18-16-22-8-4-6-10-26(22)30(24)28/h3,5,7,9,15-20H,4,6,8,10-14H2,1-2H3/b28-27-/t19-,20-/m1/s1. The van der Waals surface area contributed by atoms with E-state index in [1.54, 1.807) is 44.5 Å². The summed E-state index contributed by atoms with van der Waals surface area (Å²) in [5, 5.41) is 2.86. The highest BCUT2D eigenvalue weighted by Crippen LogP contribution is 2.50. The summed E-state index contributed by atoms with van der Waals surface area (Å²) in [6, 6.07) is 18.8. The van der Waals surface area contributed by atoms with E-state index >= 15 is 0 Å². The van der Waals surface area contributed by atoms with Gasteiger partial charge < -0.3 is 0 Å². The van der Waals surface area contributed by atoms with E-state index in [1.807, 2.05) is 0 Å². The number of rotatable bonds is 0. The Morgan fingerprint density at radius 1 is 0.600 bits per heavy atom. The maximum Gasteiger partial charge on any atom is -0.0106 e. The van der Waals surface area contributed by atoms with Crippen LogP contribution in [0.15, 0.2) is 48.5 Å². The number of allylic oxidation sites excluding steroid dienone is 2. The van der Waals surface area contributed by atoms with Gasteiger partial charge in [0.25, 0.3) is 0 Å². The van der Waals surface area contributed by atoms with Gasteiger partial charge in [0.15, 0.2) is 0 Å². The minimum Gasteiger partial charge on any atom is -0.0616 e. The fraction of sp³-hybridized carbons (Fsp3) is 0.400.